The second-order valence-electron chi connectivity index (χ2n) is 9.32. The van der Waals surface area contributed by atoms with Crippen molar-refractivity contribution in [2.45, 2.75) is 124 Å². The number of rotatable bonds is 19. The molecule has 0 bridgehead atoms. The van der Waals surface area contributed by atoms with Crippen molar-refractivity contribution in [3.05, 3.63) is 29.8 Å². The molecule has 0 spiro atoms. The molecule has 4 nitrogen and oxygen atoms in total. The monoisotopic (exact) mass is 460 g/mol. The van der Waals surface area contributed by atoms with Crippen LogP contribution in [-0.2, 0) is 14.3 Å². The van der Waals surface area contributed by atoms with Crippen molar-refractivity contribution in [2.24, 2.45) is 5.41 Å². The number of para-hydroxylation sites is 1. The van der Waals surface area contributed by atoms with Gasteiger partial charge in [-0.15, -0.1) is 0 Å². The minimum Gasteiger partial charge on any atom is -0.465 e. The van der Waals surface area contributed by atoms with Crippen LogP contribution in [0, 0.1) is 12.3 Å². The van der Waals surface area contributed by atoms with Gasteiger partial charge in [-0.25, -0.2) is 0 Å². The van der Waals surface area contributed by atoms with Gasteiger partial charge in [-0.2, -0.15) is 0 Å². The Labute approximate surface area is 202 Å². The van der Waals surface area contributed by atoms with Crippen molar-refractivity contribution in [3.63, 3.8) is 0 Å². The zero-order chi connectivity index (χ0) is 24.4. The predicted molar refractivity (Wildman–Crippen MR) is 136 cm³/mol. The molecule has 1 aromatic rings. The molecule has 0 unspecified atom stereocenters. The first-order valence-corrected chi connectivity index (χ1v) is 13.5. The first-order chi connectivity index (χ1) is 16.0. The smallest absolute Gasteiger partial charge is 0.328 e. The van der Waals surface area contributed by atoms with E-state index in [1.165, 1.54) is 70.6 Å². The lowest BCUT2D eigenvalue weighted by Crippen LogP contribution is -2.42. The van der Waals surface area contributed by atoms with Crippen molar-refractivity contribution >= 4 is 11.9 Å². The van der Waals surface area contributed by atoms with E-state index in [9.17, 15) is 9.59 Å². The van der Waals surface area contributed by atoms with Crippen LogP contribution in [0.3, 0.4) is 0 Å². The molecule has 33 heavy (non-hydrogen) atoms. The van der Waals surface area contributed by atoms with Crippen molar-refractivity contribution in [1.29, 1.82) is 0 Å². The molecule has 0 aliphatic heterocycles. The van der Waals surface area contributed by atoms with E-state index in [0.717, 1.165) is 18.4 Å². The summed E-state index contributed by atoms with van der Waals surface area (Å²) in [6, 6.07) is 7.35. The topological polar surface area (TPSA) is 52.6 Å². The largest absolute Gasteiger partial charge is 0.465 e. The first kappa shape index (κ1) is 29.2. The molecule has 0 aliphatic rings. The standard InChI is InChI=1S/C29H48O4/c1-5-8-9-10-11-12-13-14-15-16-17-18-21-24-32-27(30)29(6-2,7-3)28(31)33-26-23-20-19-22-25(26)4/h19-20,22-23H,5-18,21,24H2,1-4H3. The SMILES string of the molecule is CCCCCCCCCCCCCCCOC(=O)C(CC)(CC)C(=O)Oc1ccccc1C. The second-order valence-corrected chi connectivity index (χ2v) is 9.32. The molecule has 1 rings (SSSR count). The van der Waals surface area contributed by atoms with Gasteiger partial charge in [0.15, 0.2) is 5.41 Å². The number of carbonyl (C=O) groups excluding carboxylic acids is 2. The van der Waals surface area contributed by atoms with Gasteiger partial charge >= 0.3 is 11.9 Å². The van der Waals surface area contributed by atoms with Gasteiger partial charge < -0.3 is 9.47 Å². The van der Waals surface area contributed by atoms with Gasteiger partial charge in [0.05, 0.1) is 6.61 Å². The maximum absolute atomic E-state index is 12.9. The zero-order valence-electron chi connectivity index (χ0n) is 21.8. The van der Waals surface area contributed by atoms with Crippen LogP contribution in [0.1, 0.15) is 123 Å². The Hall–Kier alpha value is -1.84. The fourth-order valence-corrected chi connectivity index (χ4v) is 4.20. The highest BCUT2D eigenvalue weighted by molar-refractivity contribution is 6.00. The van der Waals surface area contributed by atoms with E-state index in [-0.39, 0.29) is 0 Å². The van der Waals surface area contributed by atoms with Crippen molar-refractivity contribution in [1.82, 2.24) is 0 Å². The minimum absolute atomic E-state index is 0.367. The Kier molecular flexibility index (Phi) is 15.6. The van der Waals surface area contributed by atoms with Gasteiger partial charge in [-0.3, -0.25) is 9.59 Å². The summed E-state index contributed by atoms with van der Waals surface area (Å²) in [6.07, 6.45) is 17.3. The molecule has 0 aromatic heterocycles. The molecule has 0 radical (unpaired) electrons. The molecule has 0 aliphatic carbocycles. The number of ether oxygens (including phenoxy) is 2. The molecule has 1 aromatic carbocycles. The minimum atomic E-state index is -1.24. The average Bonchev–Trinajstić information content (AvgIpc) is 2.82. The molecule has 0 saturated heterocycles. The van der Waals surface area contributed by atoms with Crippen LogP contribution in [0.4, 0.5) is 0 Å². The van der Waals surface area contributed by atoms with Crippen LogP contribution >= 0.6 is 0 Å². The highest BCUT2D eigenvalue weighted by atomic mass is 16.6. The van der Waals surface area contributed by atoms with Crippen LogP contribution in [0.5, 0.6) is 5.75 Å². The van der Waals surface area contributed by atoms with Crippen LogP contribution in [0.2, 0.25) is 0 Å². The van der Waals surface area contributed by atoms with Gasteiger partial charge in [0, 0.05) is 0 Å². The third-order valence-corrected chi connectivity index (χ3v) is 6.77. The molecule has 0 amide bonds. The fraction of sp³-hybridized carbons (Fsp3) is 0.724. The van der Waals surface area contributed by atoms with Crippen molar-refractivity contribution in [3.8, 4) is 5.75 Å². The molecule has 0 N–H and O–H groups in total. The zero-order valence-corrected chi connectivity index (χ0v) is 21.8. The lowest BCUT2D eigenvalue weighted by Gasteiger charge is -2.27. The highest BCUT2D eigenvalue weighted by Crippen LogP contribution is 2.32. The molecular weight excluding hydrogens is 412 g/mol. The van der Waals surface area contributed by atoms with E-state index in [1.54, 1.807) is 6.07 Å². The molecule has 0 saturated carbocycles. The van der Waals surface area contributed by atoms with Crippen LogP contribution in [-0.4, -0.2) is 18.5 Å². The van der Waals surface area contributed by atoms with E-state index in [2.05, 4.69) is 6.92 Å². The van der Waals surface area contributed by atoms with Gasteiger partial charge in [-0.05, 0) is 37.8 Å². The van der Waals surface area contributed by atoms with Gasteiger partial charge in [0.2, 0.25) is 0 Å². The number of esters is 2. The fourth-order valence-electron chi connectivity index (χ4n) is 4.20. The number of hydrogen-bond acceptors (Lipinski definition) is 4. The quantitative estimate of drug-likeness (QED) is 0.0901. The average molecular weight is 461 g/mol. The third kappa shape index (κ3) is 10.8. The number of hydrogen-bond donors (Lipinski definition) is 0. The predicted octanol–water partition coefficient (Wildman–Crippen LogP) is 8.34. The normalized spacial score (nSPS) is 11.4. The third-order valence-electron chi connectivity index (χ3n) is 6.77. The summed E-state index contributed by atoms with van der Waals surface area (Å²) in [7, 11) is 0. The summed E-state index contributed by atoms with van der Waals surface area (Å²) in [5, 5.41) is 0. The van der Waals surface area contributed by atoms with Crippen LogP contribution in [0.25, 0.3) is 0 Å². The number of unbranched alkanes of at least 4 members (excludes halogenated alkanes) is 12. The summed E-state index contributed by atoms with van der Waals surface area (Å²) >= 11 is 0. The van der Waals surface area contributed by atoms with Crippen molar-refractivity contribution < 1.29 is 19.1 Å². The lowest BCUT2D eigenvalue weighted by atomic mass is 9.82. The van der Waals surface area contributed by atoms with Gasteiger partial charge in [0.1, 0.15) is 5.75 Å². The van der Waals surface area contributed by atoms with Gasteiger partial charge in [0.25, 0.3) is 0 Å². The molecule has 188 valence electrons. The summed E-state index contributed by atoms with van der Waals surface area (Å²) in [4.78, 5) is 25.8. The summed E-state index contributed by atoms with van der Waals surface area (Å²) in [6.45, 7) is 8.20. The Morgan fingerprint density at radius 1 is 0.697 bits per heavy atom. The summed E-state index contributed by atoms with van der Waals surface area (Å²) < 4.78 is 11.1. The van der Waals surface area contributed by atoms with Crippen molar-refractivity contribution in [2.75, 3.05) is 6.61 Å². The Morgan fingerprint density at radius 2 is 1.18 bits per heavy atom. The number of aryl methyl sites for hydroxylation is 1. The maximum atomic E-state index is 12.9. The molecule has 0 atom stereocenters. The van der Waals surface area contributed by atoms with E-state index >= 15 is 0 Å². The Morgan fingerprint density at radius 3 is 1.67 bits per heavy atom. The molecule has 0 heterocycles. The molecule has 0 fully saturated rings. The Bertz CT molecular complexity index is 663. The maximum Gasteiger partial charge on any atom is 0.328 e. The van der Waals surface area contributed by atoms with E-state index in [4.69, 9.17) is 9.47 Å². The summed E-state index contributed by atoms with van der Waals surface area (Å²) in [5.74, 6) is -0.472. The highest BCUT2D eigenvalue weighted by Gasteiger charge is 2.46. The first-order valence-electron chi connectivity index (χ1n) is 13.5. The van der Waals surface area contributed by atoms with Gasteiger partial charge in [-0.1, -0.05) is 116 Å². The van der Waals surface area contributed by atoms with E-state index in [1.807, 2.05) is 39.0 Å². The Balaban J connectivity index is 2.23. The van der Waals surface area contributed by atoms with Crippen LogP contribution < -0.4 is 4.74 Å². The number of benzene rings is 1. The molecule has 4 heteroatoms. The number of carbonyl (C=O) groups is 2. The lowest BCUT2D eigenvalue weighted by molar-refractivity contribution is -0.168. The molecular formula is C29H48O4. The second kappa shape index (κ2) is 17.6. The van der Waals surface area contributed by atoms with E-state index in [0.29, 0.717) is 25.2 Å². The summed E-state index contributed by atoms with van der Waals surface area (Å²) in [5.41, 5.74) is -0.369. The van der Waals surface area contributed by atoms with Crippen LogP contribution in [0.15, 0.2) is 24.3 Å². The van der Waals surface area contributed by atoms with E-state index < -0.39 is 17.4 Å².